The highest BCUT2D eigenvalue weighted by Crippen LogP contribution is 2.43. The minimum atomic E-state index is -2.08. The quantitative estimate of drug-likeness (QED) is 0.283. The topological polar surface area (TPSA) is 189 Å². The van der Waals surface area contributed by atoms with Gasteiger partial charge in [-0.1, -0.05) is 34.8 Å². The summed E-state index contributed by atoms with van der Waals surface area (Å²) in [6.07, 6.45) is -8.31. The number of nitrogens with zero attached hydrogens (tertiary/aromatic N) is 3. The molecule has 6 atom stereocenters. The third-order valence-electron chi connectivity index (χ3n) is 4.08. The molecule has 0 radical (unpaired) electrons. The van der Waals surface area contributed by atoms with E-state index in [0.717, 1.165) is 6.33 Å². The maximum Gasteiger partial charge on any atom is 0.280 e. The Morgan fingerprint density at radius 1 is 1.32 bits per heavy atom. The van der Waals surface area contributed by atoms with Crippen molar-refractivity contribution in [2.45, 2.75) is 40.7 Å². The molecule has 0 bridgehead atoms. The van der Waals surface area contributed by atoms with E-state index in [9.17, 15) is 20.1 Å². The monoisotopic (exact) mass is 459 g/mol. The fourth-order valence-corrected chi connectivity index (χ4v) is 3.04. The Labute approximate surface area is 171 Å². The van der Waals surface area contributed by atoms with Crippen molar-refractivity contribution in [2.24, 2.45) is 0 Å². The van der Waals surface area contributed by atoms with Crippen molar-refractivity contribution in [2.75, 3.05) is 12.3 Å². The zero-order valence-corrected chi connectivity index (χ0v) is 16.1. The van der Waals surface area contributed by atoms with Gasteiger partial charge in [0.1, 0.15) is 24.4 Å². The van der Waals surface area contributed by atoms with E-state index in [4.69, 9.17) is 55.1 Å². The van der Waals surface area contributed by atoms with Gasteiger partial charge < -0.3 is 35.6 Å². The molecular formula is C13H16Cl3N5O7. The van der Waals surface area contributed by atoms with E-state index in [1.165, 1.54) is 4.57 Å². The predicted octanol–water partition coefficient (Wildman–Crippen LogP) is -1.61. The summed E-state index contributed by atoms with van der Waals surface area (Å²) in [5.74, 6) is -0.205. The van der Waals surface area contributed by atoms with Gasteiger partial charge in [0.15, 0.2) is 17.4 Å². The third-order valence-corrected chi connectivity index (χ3v) is 4.62. The molecule has 3 heterocycles. The molecular weight excluding hydrogens is 445 g/mol. The van der Waals surface area contributed by atoms with Crippen LogP contribution in [0.15, 0.2) is 11.1 Å². The summed E-state index contributed by atoms with van der Waals surface area (Å²) < 4.78 is 10.1. The molecule has 28 heavy (non-hydrogen) atoms. The SMILES string of the molecule is Nc1nc2c(ncn2[C@H]2O[C@@H](C(Cl)(Cl)Cl)O[C@H]2[C@H](O)[C@H](O)[C@H](O)CO)c(=O)[nH]1. The van der Waals surface area contributed by atoms with Gasteiger partial charge in [-0.15, -0.1) is 0 Å². The molecule has 2 aromatic rings. The number of hydrogen-bond donors (Lipinski definition) is 6. The molecule has 3 rings (SSSR count). The third kappa shape index (κ3) is 3.92. The highest BCUT2D eigenvalue weighted by molar-refractivity contribution is 6.67. The number of nitrogens with two attached hydrogens (primary N) is 1. The number of H-pyrrole nitrogens is 1. The number of alkyl halides is 3. The number of hydrogen-bond acceptors (Lipinski definition) is 10. The van der Waals surface area contributed by atoms with Crippen molar-refractivity contribution in [3.8, 4) is 0 Å². The van der Waals surface area contributed by atoms with Gasteiger partial charge in [-0.2, -0.15) is 4.98 Å². The number of halogens is 3. The van der Waals surface area contributed by atoms with Crippen LogP contribution < -0.4 is 11.3 Å². The second-order valence-electron chi connectivity index (χ2n) is 6.01. The zero-order chi connectivity index (χ0) is 20.8. The first-order valence-electron chi connectivity index (χ1n) is 7.79. The van der Waals surface area contributed by atoms with E-state index < -0.39 is 52.9 Å². The molecule has 0 amide bonds. The Hall–Kier alpha value is -1.22. The van der Waals surface area contributed by atoms with Gasteiger partial charge in [-0.25, -0.2) is 4.98 Å². The summed E-state index contributed by atoms with van der Waals surface area (Å²) in [6, 6.07) is 0. The first-order valence-corrected chi connectivity index (χ1v) is 8.93. The van der Waals surface area contributed by atoms with Crippen LogP contribution in [0.1, 0.15) is 6.23 Å². The minimum absolute atomic E-state index is 0.0192. The van der Waals surface area contributed by atoms with E-state index in [0.29, 0.717) is 0 Å². The van der Waals surface area contributed by atoms with Crippen LogP contribution in [0.2, 0.25) is 0 Å². The second-order valence-corrected chi connectivity index (χ2v) is 8.38. The molecule has 0 saturated carbocycles. The number of aliphatic hydroxyl groups excluding tert-OH is 4. The first kappa shape index (κ1) is 21.5. The van der Waals surface area contributed by atoms with Crippen LogP contribution in [-0.2, 0) is 9.47 Å². The molecule has 0 aromatic carbocycles. The zero-order valence-electron chi connectivity index (χ0n) is 13.8. The molecule has 1 saturated heterocycles. The molecule has 15 heteroatoms. The van der Waals surface area contributed by atoms with E-state index >= 15 is 0 Å². The van der Waals surface area contributed by atoms with Gasteiger partial charge in [0, 0.05) is 0 Å². The van der Waals surface area contributed by atoms with Crippen LogP contribution in [0, 0.1) is 0 Å². The van der Waals surface area contributed by atoms with Gasteiger partial charge in [-0.05, 0) is 0 Å². The number of aliphatic hydroxyl groups is 4. The fraction of sp³-hybridized carbons (Fsp3) is 0.615. The number of nitrogens with one attached hydrogen (secondary N) is 1. The lowest BCUT2D eigenvalue weighted by atomic mass is 10.0. The van der Waals surface area contributed by atoms with Crippen LogP contribution in [0.4, 0.5) is 5.95 Å². The molecule has 0 spiro atoms. The Morgan fingerprint density at radius 3 is 2.61 bits per heavy atom. The molecule has 2 aromatic heterocycles. The Morgan fingerprint density at radius 2 is 2.00 bits per heavy atom. The van der Waals surface area contributed by atoms with E-state index in [2.05, 4.69) is 15.0 Å². The Bertz CT molecular complexity index is 903. The van der Waals surface area contributed by atoms with Crippen molar-refractivity contribution in [1.29, 1.82) is 0 Å². The predicted molar refractivity (Wildman–Crippen MR) is 96.7 cm³/mol. The molecule has 7 N–H and O–H groups in total. The van der Waals surface area contributed by atoms with Crippen LogP contribution in [0.3, 0.4) is 0 Å². The first-order chi connectivity index (χ1) is 13.0. The van der Waals surface area contributed by atoms with Gasteiger partial charge in [0.25, 0.3) is 5.56 Å². The number of imidazole rings is 1. The minimum Gasteiger partial charge on any atom is -0.394 e. The number of fused-ring (bicyclic) bond motifs is 1. The number of rotatable bonds is 5. The largest absolute Gasteiger partial charge is 0.394 e. The normalized spacial score (nSPS) is 26.5. The average Bonchev–Trinajstić information content (AvgIpc) is 3.23. The molecule has 12 nitrogen and oxygen atoms in total. The van der Waals surface area contributed by atoms with Crippen LogP contribution in [0.25, 0.3) is 11.2 Å². The summed E-state index contributed by atoms with van der Waals surface area (Å²) in [6.45, 7) is -0.828. The summed E-state index contributed by atoms with van der Waals surface area (Å²) in [7, 11) is 0. The lowest BCUT2D eigenvalue weighted by Crippen LogP contribution is -2.48. The van der Waals surface area contributed by atoms with Gasteiger partial charge in [-0.3, -0.25) is 14.3 Å². The number of anilines is 1. The van der Waals surface area contributed by atoms with Gasteiger partial charge in [0.2, 0.25) is 16.0 Å². The fourth-order valence-electron chi connectivity index (χ4n) is 2.73. The number of ether oxygens (including phenoxy) is 2. The summed E-state index contributed by atoms with van der Waals surface area (Å²) >= 11 is 17.4. The van der Waals surface area contributed by atoms with Crippen molar-refractivity contribution in [1.82, 2.24) is 19.5 Å². The lowest BCUT2D eigenvalue weighted by molar-refractivity contribution is -0.134. The van der Waals surface area contributed by atoms with Crippen LogP contribution >= 0.6 is 34.8 Å². The summed E-state index contributed by atoms with van der Waals surface area (Å²) in [5, 5.41) is 39.1. The van der Waals surface area contributed by atoms with Crippen molar-refractivity contribution >= 4 is 51.9 Å². The standard InChI is InChI=1S/C13H16Cl3N5O7/c14-13(15,16)11-27-7(6(25)5(24)3(23)1-22)10(28-11)21-2-18-4-8(21)19-12(17)20-9(4)26/h2-3,5-7,10-11,22-25H,1H2,(H3,17,19,20,26)/t3-,5-,6-,7+,10+,11+/m1/s1. The van der Waals surface area contributed by atoms with Gasteiger partial charge >= 0.3 is 0 Å². The summed E-state index contributed by atoms with van der Waals surface area (Å²) in [4.78, 5) is 22.1. The Balaban J connectivity index is 2.04. The summed E-state index contributed by atoms with van der Waals surface area (Å²) in [5.41, 5.74) is 4.83. The molecule has 1 aliphatic rings. The van der Waals surface area contributed by atoms with Crippen molar-refractivity contribution in [3.05, 3.63) is 16.7 Å². The smallest absolute Gasteiger partial charge is 0.280 e. The highest BCUT2D eigenvalue weighted by atomic mass is 35.6. The van der Waals surface area contributed by atoms with Gasteiger partial charge in [0.05, 0.1) is 12.9 Å². The van der Waals surface area contributed by atoms with Crippen molar-refractivity contribution < 1.29 is 29.9 Å². The van der Waals surface area contributed by atoms with E-state index in [1.807, 2.05) is 0 Å². The average molecular weight is 461 g/mol. The molecule has 156 valence electrons. The van der Waals surface area contributed by atoms with Crippen LogP contribution in [-0.4, -0.2) is 81.1 Å². The Kier molecular flexibility index (Phi) is 6.06. The maximum absolute atomic E-state index is 12.0. The van der Waals surface area contributed by atoms with Crippen LogP contribution in [0.5, 0.6) is 0 Å². The van der Waals surface area contributed by atoms with Crippen molar-refractivity contribution in [3.63, 3.8) is 0 Å². The number of aromatic nitrogens is 4. The molecule has 0 unspecified atom stereocenters. The number of aromatic amines is 1. The lowest BCUT2D eigenvalue weighted by Gasteiger charge is -2.28. The van der Waals surface area contributed by atoms with E-state index in [1.54, 1.807) is 0 Å². The highest BCUT2D eigenvalue weighted by Gasteiger charge is 2.51. The maximum atomic E-state index is 12.0. The molecule has 1 fully saturated rings. The number of nitrogen functional groups attached to an aromatic ring is 1. The molecule has 1 aliphatic heterocycles. The molecule has 0 aliphatic carbocycles. The van der Waals surface area contributed by atoms with E-state index in [-0.39, 0.29) is 17.1 Å². The second kappa shape index (κ2) is 7.89.